The molecule has 3 heterocycles. The molecule has 224 valence electrons. The van der Waals surface area contributed by atoms with Crippen LogP contribution in [0.4, 0.5) is 30.7 Å². The van der Waals surface area contributed by atoms with Crippen LogP contribution in [0.25, 0.3) is 5.65 Å². The fourth-order valence-electron chi connectivity index (χ4n) is 4.87. The van der Waals surface area contributed by atoms with E-state index in [2.05, 4.69) is 20.6 Å². The summed E-state index contributed by atoms with van der Waals surface area (Å²) in [5, 5.41) is 12.2. The van der Waals surface area contributed by atoms with Gasteiger partial charge in [-0.2, -0.15) is 18.3 Å². The average molecular weight is 593 g/mol. The van der Waals surface area contributed by atoms with Crippen LogP contribution in [0.1, 0.15) is 78.3 Å². The highest BCUT2D eigenvalue weighted by molar-refractivity contribution is 5.93. The number of amides is 2. The zero-order valence-electron chi connectivity index (χ0n) is 21.7. The van der Waals surface area contributed by atoms with Crippen molar-refractivity contribution in [1.29, 1.82) is 0 Å². The van der Waals surface area contributed by atoms with Gasteiger partial charge in [0.1, 0.15) is 12.8 Å². The van der Waals surface area contributed by atoms with Crippen LogP contribution in [-0.4, -0.2) is 56.6 Å². The Morgan fingerprint density at radius 2 is 1.93 bits per heavy atom. The van der Waals surface area contributed by atoms with Gasteiger partial charge >= 0.3 is 6.18 Å². The lowest BCUT2D eigenvalue weighted by Crippen LogP contribution is -2.37. The molecule has 1 saturated carbocycles. The number of hydrogen-bond donors (Lipinski definition) is 2. The number of fused-ring (bicyclic) bond motifs is 1. The molecule has 41 heavy (non-hydrogen) atoms. The lowest BCUT2D eigenvalue weighted by molar-refractivity contribution is -0.139. The van der Waals surface area contributed by atoms with E-state index in [-0.39, 0.29) is 35.4 Å². The Balaban J connectivity index is 1.65. The number of halogens is 7. The monoisotopic (exact) mass is 592 g/mol. The van der Waals surface area contributed by atoms with Gasteiger partial charge in [0.25, 0.3) is 5.91 Å². The lowest BCUT2D eigenvalue weighted by atomic mass is 9.81. The molecule has 0 aromatic carbocycles. The first-order valence-corrected chi connectivity index (χ1v) is 12.9. The average Bonchev–Trinajstić information content (AvgIpc) is 3.55. The van der Waals surface area contributed by atoms with Crippen LogP contribution in [0.15, 0.2) is 29.2 Å². The quantitative estimate of drug-likeness (QED) is 0.321. The molecule has 0 bridgehead atoms. The Morgan fingerprint density at radius 1 is 1.22 bits per heavy atom. The van der Waals surface area contributed by atoms with Gasteiger partial charge < -0.3 is 15.2 Å². The summed E-state index contributed by atoms with van der Waals surface area (Å²) in [5.41, 5.74) is 0.750. The molecule has 9 nitrogen and oxygen atoms in total. The first-order chi connectivity index (χ1) is 19.3. The van der Waals surface area contributed by atoms with Crippen molar-refractivity contribution in [3.05, 3.63) is 47.2 Å². The number of imidazole rings is 1. The van der Waals surface area contributed by atoms with Crippen LogP contribution in [-0.2, 0) is 11.2 Å². The van der Waals surface area contributed by atoms with Crippen LogP contribution in [0.5, 0.6) is 0 Å². The number of alkyl halides is 7. The van der Waals surface area contributed by atoms with Crippen molar-refractivity contribution in [2.45, 2.75) is 75.9 Å². The van der Waals surface area contributed by atoms with Gasteiger partial charge in [0.05, 0.1) is 30.0 Å². The summed E-state index contributed by atoms with van der Waals surface area (Å²) >= 11 is 0. The smallest absolute Gasteiger partial charge is 0.364 e. The standard InChI is InChI=1S/C25H27F7N6O3/c1-2-13-11-41-37-21(13)23(40)36-20(14-3-5-24(28,29)6-4-14)17-10-38-19(35-17)7-15(9-34-38)16(8-18(26)27)22(39)33-12-25(30,31)32/h7,9-11,14,16,18,20H,2-6,8,12H2,1H3,(H,33,39)(H,36,40)/t16-,20?/m0/s1. The second kappa shape index (κ2) is 12.0. The van der Waals surface area contributed by atoms with E-state index in [0.717, 1.165) is 6.20 Å². The molecule has 2 N–H and O–H groups in total. The summed E-state index contributed by atoms with van der Waals surface area (Å²) < 4.78 is 98.1. The molecule has 1 aliphatic rings. The predicted molar refractivity (Wildman–Crippen MR) is 128 cm³/mol. The maximum absolute atomic E-state index is 13.9. The van der Waals surface area contributed by atoms with Crippen molar-refractivity contribution < 1.29 is 44.8 Å². The fraction of sp³-hybridized carbons (Fsp3) is 0.560. The van der Waals surface area contributed by atoms with Gasteiger partial charge in [-0.25, -0.2) is 27.1 Å². The Morgan fingerprint density at radius 3 is 2.56 bits per heavy atom. The van der Waals surface area contributed by atoms with Gasteiger partial charge in [-0.05, 0) is 36.8 Å². The highest BCUT2D eigenvalue weighted by Crippen LogP contribution is 2.41. The molecule has 16 heteroatoms. The number of rotatable bonds is 10. The summed E-state index contributed by atoms with van der Waals surface area (Å²) in [6.45, 7) is 0.0991. The van der Waals surface area contributed by atoms with Crippen molar-refractivity contribution in [1.82, 2.24) is 30.4 Å². The molecule has 2 atom stereocenters. The summed E-state index contributed by atoms with van der Waals surface area (Å²) in [6.07, 6.45) is -5.19. The Bertz CT molecular complexity index is 1360. The summed E-state index contributed by atoms with van der Waals surface area (Å²) in [7, 11) is 0. The highest BCUT2D eigenvalue weighted by atomic mass is 19.4. The molecule has 1 unspecified atom stereocenters. The molecule has 0 spiro atoms. The minimum Gasteiger partial charge on any atom is -0.364 e. The molecular weight excluding hydrogens is 565 g/mol. The van der Waals surface area contributed by atoms with Gasteiger partial charge in [-0.15, -0.1) is 0 Å². The summed E-state index contributed by atoms with van der Waals surface area (Å²) in [4.78, 5) is 29.9. The van der Waals surface area contributed by atoms with E-state index in [0.29, 0.717) is 12.0 Å². The second-order valence-corrected chi connectivity index (χ2v) is 9.96. The normalized spacial score (nSPS) is 17.5. The zero-order valence-corrected chi connectivity index (χ0v) is 21.7. The topological polar surface area (TPSA) is 114 Å². The van der Waals surface area contributed by atoms with E-state index in [9.17, 15) is 40.3 Å². The van der Waals surface area contributed by atoms with Crippen LogP contribution in [0.2, 0.25) is 0 Å². The Labute approximate surface area is 228 Å². The van der Waals surface area contributed by atoms with Crippen molar-refractivity contribution in [3.8, 4) is 0 Å². The van der Waals surface area contributed by atoms with E-state index in [1.165, 1.54) is 23.0 Å². The van der Waals surface area contributed by atoms with Gasteiger partial charge in [-0.1, -0.05) is 12.1 Å². The van der Waals surface area contributed by atoms with Crippen molar-refractivity contribution in [2.75, 3.05) is 6.54 Å². The minimum absolute atomic E-state index is 0.0301. The van der Waals surface area contributed by atoms with Crippen LogP contribution < -0.4 is 10.6 Å². The maximum atomic E-state index is 13.9. The first kappa shape index (κ1) is 30.2. The Kier molecular flexibility index (Phi) is 8.87. The third-order valence-electron chi connectivity index (χ3n) is 7.03. The van der Waals surface area contributed by atoms with Crippen molar-refractivity contribution in [3.63, 3.8) is 0 Å². The first-order valence-electron chi connectivity index (χ1n) is 12.9. The molecule has 1 aliphatic carbocycles. The SMILES string of the molecule is CCc1conc1C(=O)NC(c1cn2ncc([C@H](CC(F)F)C(=O)NCC(F)(F)F)cc2n1)C1CCC(F)(F)CC1. The van der Waals surface area contributed by atoms with E-state index in [1.807, 2.05) is 0 Å². The van der Waals surface area contributed by atoms with Gasteiger partial charge in [0.15, 0.2) is 11.3 Å². The number of aryl methyl sites for hydroxylation is 1. The molecule has 2 amide bonds. The van der Waals surface area contributed by atoms with E-state index >= 15 is 0 Å². The number of nitrogens with one attached hydrogen (secondary N) is 2. The predicted octanol–water partition coefficient (Wildman–Crippen LogP) is 4.99. The van der Waals surface area contributed by atoms with Crippen LogP contribution >= 0.6 is 0 Å². The maximum Gasteiger partial charge on any atom is 0.405 e. The number of hydrogen-bond acceptors (Lipinski definition) is 6. The molecule has 4 rings (SSSR count). The summed E-state index contributed by atoms with van der Waals surface area (Å²) in [6, 6.07) is 0.370. The number of carbonyl (C=O) groups excluding carboxylic acids is 2. The molecular formula is C25H27F7N6O3. The fourth-order valence-corrected chi connectivity index (χ4v) is 4.87. The second-order valence-electron chi connectivity index (χ2n) is 9.96. The van der Waals surface area contributed by atoms with Crippen molar-refractivity contribution in [2.24, 2.45) is 5.92 Å². The molecule has 0 aliphatic heterocycles. The van der Waals surface area contributed by atoms with Gasteiger partial charge in [-0.3, -0.25) is 9.59 Å². The van der Waals surface area contributed by atoms with Crippen molar-refractivity contribution >= 4 is 17.5 Å². The van der Waals surface area contributed by atoms with Gasteiger partial charge in [0, 0.05) is 24.8 Å². The molecule has 0 saturated heterocycles. The van der Waals surface area contributed by atoms with E-state index in [4.69, 9.17) is 4.52 Å². The third kappa shape index (κ3) is 7.52. The molecule has 3 aromatic heterocycles. The number of aromatic nitrogens is 4. The third-order valence-corrected chi connectivity index (χ3v) is 7.03. The highest BCUT2D eigenvalue weighted by Gasteiger charge is 2.40. The van der Waals surface area contributed by atoms with Crippen LogP contribution in [0, 0.1) is 5.92 Å². The zero-order chi connectivity index (χ0) is 29.9. The van der Waals surface area contributed by atoms with E-state index in [1.54, 1.807) is 12.2 Å². The Hall–Kier alpha value is -3.72. The molecule has 1 fully saturated rings. The minimum atomic E-state index is -4.74. The van der Waals surface area contributed by atoms with Crippen LogP contribution in [0.3, 0.4) is 0 Å². The summed E-state index contributed by atoms with van der Waals surface area (Å²) in [5.74, 6) is -6.80. The van der Waals surface area contributed by atoms with Gasteiger partial charge in [0.2, 0.25) is 18.3 Å². The molecule has 3 aromatic rings. The molecule has 0 radical (unpaired) electrons. The lowest BCUT2D eigenvalue weighted by Gasteiger charge is -2.33. The van der Waals surface area contributed by atoms with E-state index < -0.39 is 74.0 Å². The largest absolute Gasteiger partial charge is 0.405 e. The number of nitrogens with zero attached hydrogens (tertiary/aromatic N) is 4. The number of carbonyl (C=O) groups is 2.